The molecular formula is C18H36O6S2. The van der Waals surface area contributed by atoms with Crippen LogP contribution in [0.4, 0.5) is 0 Å². The Morgan fingerprint density at radius 3 is 1.35 bits per heavy atom. The minimum Gasteiger partial charge on any atom is -0.481 e. The zero-order valence-corrected chi connectivity index (χ0v) is 17.7. The lowest BCUT2D eigenvalue weighted by molar-refractivity contribution is -0.138. The van der Waals surface area contributed by atoms with Crippen LogP contribution in [0.5, 0.6) is 0 Å². The Bertz CT molecular complexity index is 345. The number of aliphatic hydroxyl groups excluding tert-OH is 2. The average Bonchev–Trinajstić information content (AvgIpc) is 2.62. The third-order valence-electron chi connectivity index (χ3n) is 4.35. The Morgan fingerprint density at radius 1 is 0.846 bits per heavy atom. The topological polar surface area (TPSA) is 115 Å². The number of thiol groups is 2. The van der Waals surface area contributed by atoms with Crippen molar-refractivity contribution < 1.29 is 30.0 Å². The number of carboxylic acid groups (broad SMARTS) is 2. The van der Waals surface area contributed by atoms with E-state index in [1.165, 1.54) is 19.3 Å². The van der Waals surface area contributed by atoms with Gasteiger partial charge in [-0.15, -0.1) is 0 Å². The van der Waals surface area contributed by atoms with Crippen molar-refractivity contribution in [3.05, 3.63) is 0 Å². The molecule has 0 saturated heterocycles. The van der Waals surface area contributed by atoms with Crippen molar-refractivity contribution in [1.82, 2.24) is 0 Å². The smallest absolute Gasteiger partial charge is 0.304 e. The fraction of sp³-hybridized carbons (Fsp3) is 0.889. The van der Waals surface area contributed by atoms with Gasteiger partial charge >= 0.3 is 11.9 Å². The first kappa shape index (κ1) is 27.8. The molecule has 0 bridgehead atoms. The molecule has 0 amide bonds. The molecule has 8 heteroatoms. The summed E-state index contributed by atoms with van der Waals surface area (Å²) in [4.78, 5) is 19.8. The summed E-state index contributed by atoms with van der Waals surface area (Å²) in [7, 11) is 0. The van der Waals surface area contributed by atoms with Gasteiger partial charge in [-0.3, -0.25) is 9.59 Å². The van der Waals surface area contributed by atoms with Crippen LogP contribution < -0.4 is 0 Å². The van der Waals surface area contributed by atoms with Crippen molar-refractivity contribution in [2.45, 2.75) is 82.1 Å². The predicted octanol–water partition coefficient (Wildman–Crippen LogP) is 3.26. The average molecular weight is 413 g/mol. The van der Waals surface area contributed by atoms with Crippen LogP contribution in [0.25, 0.3) is 0 Å². The Balaban J connectivity index is 0. The van der Waals surface area contributed by atoms with Gasteiger partial charge in [-0.05, 0) is 25.7 Å². The third-order valence-corrected chi connectivity index (χ3v) is 5.44. The van der Waals surface area contributed by atoms with Crippen LogP contribution >= 0.6 is 25.3 Å². The van der Waals surface area contributed by atoms with Gasteiger partial charge < -0.3 is 20.4 Å². The van der Waals surface area contributed by atoms with Crippen molar-refractivity contribution in [2.24, 2.45) is 5.41 Å². The first-order valence-corrected chi connectivity index (χ1v) is 10.2. The second-order valence-corrected chi connectivity index (χ2v) is 8.16. The van der Waals surface area contributed by atoms with E-state index in [9.17, 15) is 9.59 Å². The fourth-order valence-electron chi connectivity index (χ4n) is 2.36. The molecule has 0 heterocycles. The van der Waals surface area contributed by atoms with Gasteiger partial charge in [0.05, 0.1) is 26.1 Å². The standard InChI is InChI=1S/C8H16O2.2C5H10O2S/c9-6-8(7-10)4-2-1-3-5-8;2*1-2-4(8)3-5(6)7/h9-10H,1-7H2;2*4,8H,2-3H2,1H3,(H,6,7). The van der Waals surface area contributed by atoms with E-state index in [0.717, 1.165) is 25.7 Å². The van der Waals surface area contributed by atoms with Crippen molar-refractivity contribution in [1.29, 1.82) is 0 Å². The van der Waals surface area contributed by atoms with Gasteiger partial charge in [0, 0.05) is 15.9 Å². The van der Waals surface area contributed by atoms with Crippen molar-refractivity contribution >= 4 is 37.2 Å². The van der Waals surface area contributed by atoms with E-state index in [4.69, 9.17) is 20.4 Å². The Kier molecular flexibility index (Phi) is 17.9. The summed E-state index contributed by atoms with van der Waals surface area (Å²) in [5, 5.41) is 34.3. The number of hydrogen-bond acceptors (Lipinski definition) is 6. The molecule has 2 unspecified atom stereocenters. The number of aliphatic carboxylic acids is 2. The number of carboxylic acids is 2. The highest BCUT2D eigenvalue weighted by atomic mass is 32.1. The fourth-order valence-corrected chi connectivity index (χ4v) is 2.67. The van der Waals surface area contributed by atoms with Crippen LogP contribution in [0.2, 0.25) is 0 Å². The highest BCUT2D eigenvalue weighted by Gasteiger charge is 2.30. The normalized spacial score (nSPS) is 17.6. The van der Waals surface area contributed by atoms with Crippen LogP contribution in [0.1, 0.15) is 71.6 Å². The van der Waals surface area contributed by atoms with Crippen molar-refractivity contribution in [3.63, 3.8) is 0 Å². The van der Waals surface area contributed by atoms with Crippen LogP contribution in [0, 0.1) is 5.41 Å². The molecule has 4 N–H and O–H groups in total. The van der Waals surface area contributed by atoms with E-state index in [1.807, 2.05) is 13.8 Å². The maximum absolute atomic E-state index is 9.92. The maximum Gasteiger partial charge on any atom is 0.304 e. The molecule has 1 rings (SSSR count). The van der Waals surface area contributed by atoms with Gasteiger partial charge in [-0.25, -0.2) is 0 Å². The van der Waals surface area contributed by atoms with Crippen molar-refractivity contribution in [3.8, 4) is 0 Å². The summed E-state index contributed by atoms with van der Waals surface area (Å²) in [6.07, 6.45) is 7.56. The molecule has 0 aromatic heterocycles. The molecule has 156 valence electrons. The van der Waals surface area contributed by atoms with E-state index in [-0.39, 0.29) is 42.0 Å². The zero-order chi connectivity index (χ0) is 20.6. The molecule has 0 spiro atoms. The molecule has 6 nitrogen and oxygen atoms in total. The lowest BCUT2D eigenvalue weighted by Gasteiger charge is -2.33. The van der Waals surface area contributed by atoms with E-state index in [2.05, 4.69) is 25.3 Å². The lowest BCUT2D eigenvalue weighted by Crippen LogP contribution is -2.31. The maximum atomic E-state index is 9.92. The zero-order valence-electron chi connectivity index (χ0n) is 15.9. The summed E-state index contributed by atoms with van der Waals surface area (Å²) in [5.74, 6) is -1.54. The number of aliphatic hydroxyl groups is 2. The van der Waals surface area contributed by atoms with Crippen LogP contribution in [-0.4, -0.2) is 56.1 Å². The highest BCUT2D eigenvalue weighted by molar-refractivity contribution is 7.81. The SMILES string of the molecule is CCC(S)CC(=O)O.CCC(S)CC(=O)O.OCC1(CO)CCCCC1. The summed E-state index contributed by atoms with van der Waals surface area (Å²) >= 11 is 7.98. The molecule has 0 aromatic carbocycles. The van der Waals surface area contributed by atoms with Gasteiger partial charge in [-0.1, -0.05) is 33.1 Å². The minimum atomic E-state index is -0.771. The Labute approximate surface area is 168 Å². The molecule has 0 aliphatic heterocycles. The Morgan fingerprint density at radius 2 is 1.19 bits per heavy atom. The van der Waals surface area contributed by atoms with Gasteiger partial charge in [0.2, 0.25) is 0 Å². The van der Waals surface area contributed by atoms with E-state index in [1.54, 1.807) is 0 Å². The monoisotopic (exact) mass is 412 g/mol. The third kappa shape index (κ3) is 15.8. The van der Waals surface area contributed by atoms with E-state index >= 15 is 0 Å². The predicted molar refractivity (Wildman–Crippen MR) is 110 cm³/mol. The molecule has 1 aliphatic carbocycles. The highest BCUT2D eigenvalue weighted by Crippen LogP contribution is 2.34. The molecule has 0 radical (unpaired) electrons. The van der Waals surface area contributed by atoms with Crippen LogP contribution in [-0.2, 0) is 9.59 Å². The summed E-state index contributed by atoms with van der Waals surface area (Å²) in [5.41, 5.74) is -0.127. The largest absolute Gasteiger partial charge is 0.481 e. The van der Waals surface area contributed by atoms with E-state index in [0.29, 0.717) is 0 Å². The summed E-state index contributed by atoms with van der Waals surface area (Å²) in [6.45, 7) is 4.15. The molecule has 2 atom stereocenters. The first-order chi connectivity index (χ1) is 12.2. The van der Waals surface area contributed by atoms with Crippen LogP contribution in [0.15, 0.2) is 0 Å². The van der Waals surface area contributed by atoms with Gasteiger partial charge in [0.15, 0.2) is 0 Å². The number of hydrogen-bond donors (Lipinski definition) is 6. The van der Waals surface area contributed by atoms with Gasteiger partial charge in [0.25, 0.3) is 0 Å². The molecule has 0 aromatic rings. The molecule has 26 heavy (non-hydrogen) atoms. The summed E-state index contributed by atoms with van der Waals surface area (Å²) in [6, 6.07) is 0. The Hall–Kier alpha value is -0.440. The van der Waals surface area contributed by atoms with Crippen molar-refractivity contribution in [2.75, 3.05) is 13.2 Å². The first-order valence-electron chi connectivity index (χ1n) is 9.17. The van der Waals surface area contributed by atoms with E-state index < -0.39 is 11.9 Å². The second kappa shape index (κ2) is 16.7. The lowest BCUT2D eigenvalue weighted by atomic mass is 9.75. The molecular weight excluding hydrogens is 376 g/mol. The molecule has 1 aliphatic rings. The van der Waals surface area contributed by atoms with Gasteiger partial charge in [0.1, 0.15) is 0 Å². The van der Waals surface area contributed by atoms with Crippen LogP contribution in [0.3, 0.4) is 0 Å². The number of carbonyl (C=O) groups is 2. The quantitative estimate of drug-likeness (QED) is 0.341. The number of rotatable bonds is 8. The molecule has 1 fully saturated rings. The minimum absolute atomic E-state index is 0.0208. The summed E-state index contributed by atoms with van der Waals surface area (Å²) < 4.78 is 0. The second-order valence-electron chi connectivity index (χ2n) is 6.70. The van der Waals surface area contributed by atoms with Gasteiger partial charge in [-0.2, -0.15) is 25.3 Å². The molecule has 1 saturated carbocycles.